The van der Waals surface area contributed by atoms with E-state index in [2.05, 4.69) is 56.3 Å². The molecule has 0 bridgehead atoms. The molecule has 0 amide bonds. The third kappa shape index (κ3) is 3.83. The summed E-state index contributed by atoms with van der Waals surface area (Å²) in [6.45, 7) is 4.40. The molecule has 1 heteroatoms. The predicted molar refractivity (Wildman–Crippen MR) is 87.0 cm³/mol. The maximum atomic E-state index is 10.5. The molecule has 0 saturated heterocycles. The molecule has 0 radical (unpaired) electrons. The Balaban J connectivity index is 2.06. The second kappa shape index (κ2) is 7.44. The van der Waals surface area contributed by atoms with Gasteiger partial charge < -0.3 is 5.11 Å². The molecule has 0 aliphatic heterocycles. The monoisotopic (exact) mass is 270 g/mol. The van der Waals surface area contributed by atoms with Crippen molar-refractivity contribution in [2.75, 3.05) is 0 Å². The molecule has 0 aliphatic rings. The highest BCUT2D eigenvalue weighted by molar-refractivity contribution is 5.82. The van der Waals surface area contributed by atoms with Gasteiger partial charge in [0.05, 0.1) is 6.10 Å². The van der Waals surface area contributed by atoms with Crippen molar-refractivity contribution in [1.82, 2.24) is 0 Å². The highest BCUT2D eigenvalue weighted by Crippen LogP contribution is 2.22. The van der Waals surface area contributed by atoms with Gasteiger partial charge in [-0.25, -0.2) is 0 Å². The molecule has 108 valence electrons. The summed E-state index contributed by atoms with van der Waals surface area (Å²) in [5, 5.41) is 13.0. The first kappa shape index (κ1) is 15.1. The standard InChI is InChI=1S/C19H26O/c1-3-5-8-16(4-2)19(20)14-15-11-12-17-9-6-7-10-18(17)13-15/h6-7,9-13,16,19-20H,3-5,8,14H2,1-2H3. The van der Waals surface area contributed by atoms with Crippen LogP contribution in [0.5, 0.6) is 0 Å². The Labute approximate surface area is 122 Å². The van der Waals surface area contributed by atoms with Gasteiger partial charge in [0.15, 0.2) is 0 Å². The Morgan fingerprint density at radius 1 is 1.00 bits per heavy atom. The van der Waals surface area contributed by atoms with Crippen molar-refractivity contribution in [3.63, 3.8) is 0 Å². The summed E-state index contributed by atoms with van der Waals surface area (Å²) < 4.78 is 0. The van der Waals surface area contributed by atoms with Crippen LogP contribution >= 0.6 is 0 Å². The number of benzene rings is 2. The summed E-state index contributed by atoms with van der Waals surface area (Å²) in [5.74, 6) is 0.432. The number of aliphatic hydroxyl groups is 1. The lowest BCUT2D eigenvalue weighted by Crippen LogP contribution is -2.22. The molecule has 0 heterocycles. The zero-order chi connectivity index (χ0) is 14.4. The van der Waals surface area contributed by atoms with E-state index >= 15 is 0 Å². The number of unbranched alkanes of at least 4 members (excludes halogenated alkanes) is 1. The topological polar surface area (TPSA) is 20.2 Å². The van der Waals surface area contributed by atoms with E-state index in [4.69, 9.17) is 0 Å². The van der Waals surface area contributed by atoms with Gasteiger partial charge >= 0.3 is 0 Å². The van der Waals surface area contributed by atoms with Gasteiger partial charge in [-0.15, -0.1) is 0 Å². The van der Waals surface area contributed by atoms with E-state index in [9.17, 15) is 5.11 Å². The Hall–Kier alpha value is -1.34. The van der Waals surface area contributed by atoms with E-state index in [-0.39, 0.29) is 6.10 Å². The first-order chi connectivity index (χ1) is 9.74. The molecule has 0 aliphatic carbocycles. The number of hydrogen-bond donors (Lipinski definition) is 1. The first-order valence-corrected chi connectivity index (χ1v) is 7.90. The molecule has 1 N–H and O–H groups in total. The molecule has 0 spiro atoms. The van der Waals surface area contributed by atoms with Crippen LogP contribution in [0.4, 0.5) is 0 Å². The van der Waals surface area contributed by atoms with E-state index in [1.807, 2.05) is 0 Å². The van der Waals surface area contributed by atoms with Crippen molar-refractivity contribution in [1.29, 1.82) is 0 Å². The Bertz CT molecular complexity index is 532. The molecule has 20 heavy (non-hydrogen) atoms. The maximum absolute atomic E-state index is 10.5. The van der Waals surface area contributed by atoms with Gasteiger partial charge in [0.25, 0.3) is 0 Å². The van der Waals surface area contributed by atoms with Crippen molar-refractivity contribution < 1.29 is 5.11 Å². The number of fused-ring (bicyclic) bond motifs is 1. The van der Waals surface area contributed by atoms with Crippen LogP contribution in [0, 0.1) is 5.92 Å². The van der Waals surface area contributed by atoms with Crippen molar-refractivity contribution in [3.05, 3.63) is 48.0 Å². The molecule has 0 saturated carbocycles. The van der Waals surface area contributed by atoms with Crippen molar-refractivity contribution >= 4 is 10.8 Å². The molecule has 2 unspecified atom stereocenters. The minimum atomic E-state index is -0.215. The largest absolute Gasteiger partial charge is 0.392 e. The van der Waals surface area contributed by atoms with E-state index in [1.165, 1.54) is 29.2 Å². The van der Waals surface area contributed by atoms with Gasteiger partial charge in [-0.2, -0.15) is 0 Å². The van der Waals surface area contributed by atoms with Gasteiger partial charge in [-0.05, 0) is 35.1 Å². The van der Waals surface area contributed by atoms with Crippen LogP contribution in [0.2, 0.25) is 0 Å². The maximum Gasteiger partial charge on any atom is 0.0608 e. The van der Waals surface area contributed by atoms with Gasteiger partial charge in [0.1, 0.15) is 0 Å². The van der Waals surface area contributed by atoms with Gasteiger partial charge in [0.2, 0.25) is 0 Å². The lowest BCUT2D eigenvalue weighted by atomic mass is 9.89. The Morgan fingerprint density at radius 2 is 1.75 bits per heavy atom. The fraction of sp³-hybridized carbons (Fsp3) is 0.474. The molecule has 0 aromatic heterocycles. The third-order valence-corrected chi connectivity index (χ3v) is 4.26. The van der Waals surface area contributed by atoms with E-state index in [0.29, 0.717) is 5.92 Å². The van der Waals surface area contributed by atoms with Gasteiger partial charge in [-0.1, -0.05) is 75.6 Å². The summed E-state index contributed by atoms with van der Waals surface area (Å²) >= 11 is 0. The second-order valence-corrected chi connectivity index (χ2v) is 5.76. The molecule has 2 aromatic rings. The molecule has 0 fully saturated rings. The average molecular weight is 270 g/mol. The van der Waals surface area contributed by atoms with Crippen LogP contribution in [0.1, 0.15) is 45.1 Å². The van der Waals surface area contributed by atoms with Crippen molar-refractivity contribution in [3.8, 4) is 0 Å². The zero-order valence-corrected chi connectivity index (χ0v) is 12.7. The molecule has 2 rings (SSSR count). The minimum absolute atomic E-state index is 0.215. The molecular formula is C19H26O. The van der Waals surface area contributed by atoms with E-state index < -0.39 is 0 Å². The minimum Gasteiger partial charge on any atom is -0.392 e. The van der Waals surface area contributed by atoms with Crippen LogP contribution in [0.3, 0.4) is 0 Å². The molecule has 2 aromatic carbocycles. The highest BCUT2D eigenvalue weighted by Gasteiger charge is 2.17. The SMILES string of the molecule is CCCCC(CC)C(O)Cc1ccc2ccccc2c1. The highest BCUT2D eigenvalue weighted by atomic mass is 16.3. The van der Waals surface area contributed by atoms with Gasteiger partial charge in [-0.3, -0.25) is 0 Å². The van der Waals surface area contributed by atoms with Crippen molar-refractivity contribution in [2.45, 2.75) is 52.1 Å². The Kier molecular flexibility index (Phi) is 5.60. The molecule has 1 nitrogen and oxygen atoms in total. The lowest BCUT2D eigenvalue weighted by molar-refractivity contribution is 0.0988. The number of aliphatic hydroxyl groups excluding tert-OH is 1. The average Bonchev–Trinajstić information content (AvgIpc) is 2.48. The van der Waals surface area contributed by atoms with Crippen LogP contribution in [0.15, 0.2) is 42.5 Å². The summed E-state index contributed by atoms with van der Waals surface area (Å²) in [4.78, 5) is 0. The fourth-order valence-corrected chi connectivity index (χ4v) is 2.91. The van der Waals surface area contributed by atoms with Crippen LogP contribution in [-0.2, 0) is 6.42 Å². The summed E-state index contributed by atoms with van der Waals surface area (Å²) in [6.07, 6.45) is 5.18. The fourth-order valence-electron chi connectivity index (χ4n) is 2.91. The smallest absolute Gasteiger partial charge is 0.0608 e. The van der Waals surface area contributed by atoms with Crippen LogP contribution < -0.4 is 0 Å². The quantitative estimate of drug-likeness (QED) is 0.754. The summed E-state index contributed by atoms with van der Waals surface area (Å²) in [7, 11) is 0. The second-order valence-electron chi connectivity index (χ2n) is 5.76. The zero-order valence-electron chi connectivity index (χ0n) is 12.7. The molecule has 2 atom stereocenters. The summed E-state index contributed by atoms with van der Waals surface area (Å²) in [5.41, 5.74) is 1.24. The lowest BCUT2D eigenvalue weighted by Gasteiger charge is -2.21. The van der Waals surface area contributed by atoms with E-state index in [1.54, 1.807) is 0 Å². The molecular weight excluding hydrogens is 244 g/mol. The predicted octanol–water partition coefficient (Wildman–Crippen LogP) is 4.96. The summed E-state index contributed by atoms with van der Waals surface area (Å²) in [6, 6.07) is 14.9. The Morgan fingerprint density at radius 3 is 2.45 bits per heavy atom. The van der Waals surface area contributed by atoms with Gasteiger partial charge in [0, 0.05) is 0 Å². The first-order valence-electron chi connectivity index (χ1n) is 7.90. The third-order valence-electron chi connectivity index (χ3n) is 4.26. The van der Waals surface area contributed by atoms with Crippen molar-refractivity contribution in [2.24, 2.45) is 5.92 Å². The number of hydrogen-bond acceptors (Lipinski definition) is 1. The normalized spacial score (nSPS) is 14.3. The number of rotatable bonds is 7. The van der Waals surface area contributed by atoms with Crippen LogP contribution in [0.25, 0.3) is 10.8 Å². The van der Waals surface area contributed by atoms with Crippen LogP contribution in [-0.4, -0.2) is 11.2 Å². The van der Waals surface area contributed by atoms with E-state index in [0.717, 1.165) is 19.3 Å².